The van der Waals surface area contributed by atoms with E-state index < -0.39 is 24.0 Å². The summed E-state index contributed by atoms with van der Waals surface area (Å²) < 4.78 is 38.5. The third-order valence-electron chi connectivity index (χ3n) is 3.48. The van der Waals surface area contributed by atoms with Crippen LogP contribution in [0.1, 0.15) is 36.0 Å². The van der Waals surface area contributed by atoms with Crippen molar-refractivity contribution in [1.29, 1.82) is 0 Å². The van der Waals surface area contributed by atoms with E-state index in [1.54, 1.807) is 12.1 Å². The van der Waals surface area contributed by atoms with Crippen molar-refractivity contribution in [2.75, 3.05) is 0 Å². The van der Waals surface area contributed by atoms with Crippen molar-refractivity contribution in [3.63, 3.8) is 0 Å². The molecule has 1 fully saturated rings. The number of halogens is 4. The molecule has 110 valence electrons. The highest BCUT2D eigenvalue weighted by Crippen LogP contribution is 2.37. The lowest BCUT2D eigenvalue weighted by Gasteiger charge is -2.31. The Morgan fingerprint density at radius 2 is 2.15 bits per heavy atom. The molecule has 0 spiro atoms. The minimum atomic E-state index is -4.18. The number of amides is 1. The molecule has 0 radical (unpaired) electrons. The van der Waals surface area contributed by atoms with Crippen molar-refractivity contribution in [1.82, 2.24) is 10.3 Å². The lowest BCUT2D eigenvalue weighted by molar-refractivity contribution is -0.183. The molecule has 1 aromatic rings. The van der Waals surface area contributed by atoms with E-state index in [4.69, 9.17) is 0 Å². The number of alkyl halides is 3. The van der Waals surface area contributed by atoms with E-state index in [0.717, 1.165) is 0 Å². The number of rotatable bonds is 2. The molecule has 2 unspecified atom stereocenters. The summed E-state index contributed by atoms with van der Waals surface area (Å²) in [6, 6.07) is 2.75. The van der Waals surface area contributed by atoms with Crippen LogP contribution in [0, 0.1) is 5.92 Å². The summed E-state index contributed by atoms with van der Waals surface area (Å²) in [5.41, 5.74) is 0.335. The smallest absolute Gasteiger partial charge is 0.349 e. The van der Waals surface area contributed by atoms with Crippen LogP contribution in [0.3, 0.4) is 0 Å². The number of carbonyl (C=O) groups excluding carboxylic acids is 1. The fourth-order valence-corrected chi connectivity index (χ4v) is 2.87. The van der Waals surface area contributed by atoms with Crippen LogP contribution in [0.15, 0.2) is 22.9 Å². The molecule has 2 rings (SSSR count). The molecule has 2 atom stereocenters. The molecular formula is C13H14BrF3N2O. The summed E-state index contributed by atoms with van der Waals surface area (Å²) in [6.07, 6.45) is -1.50. The largest absolute Gasteiger partial charge is 0.391 e. The molecule has 20 heavy (non-hydrogen) atoms. The van der Waals surface area contributed by atoms with Crippen LogP contribution < -0.4 is 5.32 Å². The van der Waals surface area contributed by atoms with Crippen LogP contribution in [0.4, 0.5) is 13.2 Å². The van der Waals surface area contributed by atoms with Crippen LogP contribution in [-0.2, 0) is 0 Å². The van der Waals surface area contributed by atoms with Gasteiger partial charge in [-0.25, -0.2) is 4.98 Å². The van der Waals surface area contributed by atoms with Gasteiger partial charge in [0.15, 0.2) is 0 Å². The monoisotopic (exact) mass is 350 g/mol. The normalized spacial score (nSPS) is 23.4. The van der Waals surface area contributed by atoms with Crippen LogP contribution >= 0.6 is 15.9 Å². The van der Waals surface area contributed by atoms with Gasteiger partial charge >= 0.3 is 6.18 Å². The number of nitrogens with one attached hydrogen (secondary N) is 1. The molecule has 0 aromatic carbocycles. The Balaban J connectivity index is 2.00. The molecule has 7 heteroatoms. The summed E-state index contributed by atoms with van der Waals surface area (Å²) in [5, 5.41) is 2.67. The molecule has 1 amide bonds. The van der Waals surface area contributed by atoms with Gasteiger partial charge in [-0.1, -0.05) is 6.42 Å². The van der Waals surface area contributed by atoms with Crippen molar-refractivity contribution in [3.8, 4) is 0 Å². The van der Waals surface area contributed by atoms with Gasteiger partial charge in [0.2, 0.25) is 0 Å². The molecule has 1 saturated carbocycles. The molecule has 0 bridgehead atoms. The molecule has 1 aromatic heterocycles. The first-order valence-corrected chi connectivity index (χ1v) is 7.15. The molecule has 0 aliphatic heterocycles. The zero-order valence-corrected chi connectivity index (χ0v) is 12.2. The highest BCUT2D eigenvalue weighted by atomic mass is 79.9. The summed E-state index contributed by atoms with van der Waals surface area (Å²) >= 11 is 3.15. The van der Waals surface area contributed by atoms with Gasteiger partial charge in [0.25, 0.3) is 5.91 Å². The molecular weight excluding hydrogens is 337 g/mol. The average Bonchev–Trinajstić information content (AvgIpc) is 2.38. The Bertz CT molecular complexity index is 493. The van der Waals surface area contributed by atoms with Crippen molar-refractivity contribution in [2.45, 2.75) is 37.9 Å². The second-order valence-electron chi connectivity index (χ2n) is 4.92. The van der Waals surface area contributed by atoms with Gasteiger partial charge in [-0.15, -0.1) is 0 Å². The summed E-state index contributed by atoms with van der Waals surface area (Å²) in [7, 11) is 0. The maximum Gasteiger partial charge on any atom is 0.391 e. The second-order valence-corrected chi connectivity index (χ2v) is 5.67. The topological polar surface area (TPSA) is 42.0 Å². The van der Waals surface area contributed by atoms with E-state index in [1.165, 1.54) is 6.20 Å². The molecule has 1 aliphatic rings. The van der Waals surface area contributed by atoms with Crippen LogP contribution in [0.2, 0.25) is 0 Å². The minimum Gasteiger partial charge on any atom is -0.349 e. The van der Waals surface area contributed by atoms with Gasteiger partial charge in [-0.05, 0) is 47.3 Å². The fraction of sp³-hybridized carbons (Fsp3) is 0.538. The molecule has 1 N–H and O–H groups in total. The maximum absolute atomic E-state index is 12.7. The number of aromatic nitrogens is 1. The van der Waals surface area contributed by atoms with Gasteiger partial charge in [0.05, 0.1) is 11.5 Å². The third kappa shape index (κ3) is 3.71. The standard InChI is InChI=1S/C13H14BrF3N2O/c14-11-10(5-2-6-18-11)12(20)19-9-4-1-3-8(7-9)13(15,16)17/h2,5-6,8-9H,1,3-4,7H2,(H,19,20). The Hall–Kier alpha value is -1.11. The van der Waals surface area contributed by atoms with Gasteiger partial charge < -0.3 is 5.32 Å². The molecule has 1 heterocycles. The number of hydrogen-bond donors (Lipinski definition) is 1. The van der Waals surface area contributed by atoms with Crippen molar-refractivity contribution in [2.24, 2.45) is 5.92 Å². The first-order valence-electron chi connectivity index (χ1n) is 6.36. The highest BCUT2D eigenvalue weighted by molar-refractivity contribution is 9.10. The fourth-order valence-electron chi connectivity index (χ4n) is 2.44. The van der Waals surface area contributed by atoms with Crippen LogP contribution in [0.5, 0.6) is 0 Å². The van der Waals surface area contributed by atoms with Crippen molar-refractivity contribution in [3.05, 3.63) is 28.5 Å². The van der Waals surface area contributed by atoms with Gasteiger partial charge in [-0.3, -0.25) is 4.79 Å². The number of hydrogen-bond acceptors (Lipinski definition) is 2. The van der Waals surface area contributed by atoms with Gasteiger partial charge in [0.1, 0.15) is 4.60 Å². The molecule has 0 saturated heterocycles. The summed E-state index contributed by atoms with van der Waals surface area (Å²) in [6.45, 7) is 0. The first-order chi connectivity index (χ1) is 9.38. The molecule has 1 aliphatic carbocycles. The average molecular weight is 351 g/mol. The number of carbonyl (C=O) groups is 1. The Labute approximate surface area is 123 Å². The van der Waals surface area contributed by atoms with Crippen LogP contribution in [0.25, 0.3) is 0 Å². The Kier molecular flexibility index (Phi) is 4.67. The number of nitrogens with zero attached hydrogens (tertiary/aromatic N) is 1. The predicted molar refractivity (Wildman–Crippen MR) is 71.2 cm³/mol. The predicted octanol–water partition coefficient (Wildman–Crippen LogP) is 3.70. The van der Waals surface area contributed by atoms with E-state index in [9.17, 15) is 18.0 Å². The lowest BCUT2D eigenvalue weighted by Crippen LogP contribution is -2.41. The van der Waals surface area contributed by atoms with Gasteiger partial charge in [-0.2, -0.15) is 13.2 Å². The SMILES string of the molecule is O=C(NC1CCCC(C(F)(F)F)C1)c1cccnc1Br. The number of pyridine rings is 1. The Morgan fingerprint density at radius 1 is 1.40 bits per heavy atom. The Morgan fingerprint density at radius 3 is 2.80 bits per heavy atom. The summed E-state index contributed by atoms with van der Waals surface area (Å²) in [4.78, 5) is 16.0. The first kappa shape index (κ1) is 15.3. The zero-order valence-electron chi connectivity index (χ0n) is 10.6. The molecule has 3 nitrogen and oxygen atoms in total. The van der Waals surface area contributed by atoms with E-state index in [0.29, 0.717) is 23.0 Å². The summed E-state index contributed by atoms with van der Waals surface area (Å²) in [5.74, 6) is -1.71. The van der Waals surface area contributed by atoms with E-state index >= 15 is 0 Å². The van der Waals surface area contributed by atoms with Crippen molar-refractivity contribution < 1.29 is 18.0 Å². The van der Waals surface area contributed by atoms with E-state index in [2.05, 4.69) is 26.2 Å². The third-order valence-corrected chi connectivity index (χ3v) is 4.11. The quantitative estimate of drug-likeness (QED) is 0.826. The zero-order chi connectivity index (χ0) is 14.8. The van der Waals surface area contributed by atoms with Crippen LogP contribution in [-0.4, -0.2) is 23.1 Å². The van der Waals surface area contributed by atoms with E-state index in [1.807, 2.05) is 0 Å². The lowest BCUT2D eigenvalue weighted by atomic mass is 9.85. The highest BCUT2D eigenvalue weighted by Gasteiger charge is 2.42. The minimum absolute atomic E-state index is 0.0485. The van der Waals surface area contributed by atoms with E-state index in [-0.39, 0.29) is 12.8 Å². The maximum atomic E-state index is 12.7. The van der Waals surface area contributed by atoms with Crippen molar-refractivity contribution >= 4 is 21.8 Å². The van der Waals surface area contributed by atoms with Gasteiger partial charge in [0, 0.05) is 12.2 Å². The second kappa shape index (κ2) is 6.11.